The van der Waals surface area contributed by atoms with Crippen molar-refractivity contribution in [2.75, 3.05) is 52.4 Å². The van der Waals surface area contributed by atoms with Crippen LogP contribution in [0.1, 0.15) is 19.8 Å². The molecular weight excluding hydrogens is 258 g/mol. The lowest BCUT2D eigenvalue weighted by Crippen LogP contribution is -2.51. The molecule has 2 aliphatic rings. The van der Waals surface area contributed by atoms with Gasteiger partial charge in [0.1, 0.15) is 0 Å². The minimum Gasteiger partial charge on any atom is -0.480 e. The fourth-order valence-corrected chi connectivity index (χ4v) is 2.85. The Hall–Kier alpha value is -1.14. The van der Waals surface area contributed by atoms with Crippen LogP contribution in [0.15, 0.2) is 0 Å². The van der Waals surface area contributed by atoms with Gasteiger partial charge in [-0.15, -0.1) is 0 Å². The molecule has 0 aromatic heterocycles. The molecule has 20 heavy (non-hydrogen) atoms. The lowest BCUT2D eigenvalue weighted by atomic mass is 9.99. The number of carbonyl (C=O) groups excluding carboxylic acids is 1. The Bertz CT molecular complexity index is 346. The van der Waals surface area contributed by atoms with Crippen molar-refractivity contribution in [1.82, 2.24) is 14.7 Å². The number of piperazine rings is 1. The molecule has 114 valence electrons. The van der Waals surface area contributed by atoms with Gasteiger partial charge in [-0.3, -0.25) is 19.4 Å². The van der Waals surface area contributed by atoms with Crippen molar-refractivity contribution in [2.45, 2.75) is 19.8 Å². The smallest absolute Gasteiger partial charge is 0.317 e. The molecule has 1 N–H and O–H groups in total. The van der Waals surface area contributed by atoms with Gasteiger partial charge in [0.2, 0.25) is 5.91 Å². The normalized spacial score (nSPS) is 22.9. The first-order valence-electron chi connectivity index (χ1n) is 7.49. The summed E-state index contributed by atoms with van der Waals surface area (Å²) in [6.45, 7) is 7.63. The second kappa shape index (κ2) is 7.04. The number of hydrogen-bond acceptors (Lipinski definition) is 4. The summed E-state index contributed by atoms with van der Waals surface area (Å²) in [6.07, 6.45) is 2.22. The van der Waals surface area contributed by atoms with Crippen LogP contribution in [0.25, 0.3) is 0 Å². The van der Waals surface area contributed by atoms with E-state index in [0.29, 0.717) is 6.54 Å². The van der Waals surface area contributed by atoms with E-state index in [-0.39, 0.29) is 12.5 Å². The van der Waals surface area contributed by atoms with Gasteiger partial charge in [-0.05, 0) is 18.8 Å². The molecule has 6 nitrogen and oxygen atoms in total. The third-order valence-corrected chi connectivity index (χ3v) is 4.32. The number of carboxylic acid groups (broad SMARTS) is 1. The molecule has 2 aliphatic heterocycles. The number of likely N-dealkylation sites (tertiary alicyclic amines) is 1. The van der Waals surface area contributed by atoms with Gasteiger partial charge < -0.3 is 10.0 Å². The van der Waals surface area contributed by atoms with Gasteiger partial charge in [-0.25, -0.2) is 0 Å². The Kier molecular flexibility index (Phi) is 5.37. The molecule has 0 aromatic carbocycles. The number of hydrogen-bond donors (Lipinski definition) is 1. The van der Waals surface area contributed by atoms with Crippen molar-refractivity contribution >= 4 is 11.9 Å². The molecule has 0 spiro atoms. The zero-order valence-corrected chi connectivity index (χ0v) is 12.3. The average molecular weight is 283 g/mol. The van der Waals surface area contributed by atoms with Gasteiger partial charge in [-0.2, -0.15) is 0 Å². The van der Waals surface area contributed by atoms with Crippen LogP contribution in [0, 0.1) is 5.92 Å². The van der Waals surface area contributed by atoms with Crippen molar-refractivity contribution < 1.29 is 14.7 Å². The molecule has 2 fully saturated rings. The first kappa shape index (κ1) is 15.3. The summed E-state index contributed by atoms with van der Waals surface area (Å²) in [6, 6.07) is 0. The Labute approximate surface area is 120 Å². The minimum atomic E-state index is -0.781. The highest BCUT2D eigenvalue weighted by Gasteiger charge is 2.24. The van der Waals surface area contributed by atoms with Gasteiger partial charge in [0.15, 0.2) is 0 Å². The van der Waals surface area contributed by atoms with E-state index in [4.69, 9.17) is 5.11 Å². The summed E-state index contributed by atoms with van der Waals surface area (Å²) in [4.78, 5) is 28.9. The van der Waals surface area contributed by atoms with Crippen LogP contribution >= 0.6 is 0 Å². The van der Waals surface area contributed by atoms with Gasteiger partial charge in [0.05, 0.1) is 13.1 Å². The molecule has 2 saturated heterocycles. The summed E-state index contributed by atoms with van der Waals surface area (Å²) in [5.41, 5.74) is 0. The maximum absolute atomic E-state index is 12.2. The minimum absolute atomic E-state index is 0.103. The zero-order valence-electron chi connectivity index (χ0n) is 12.3. The maximum Gasteiger partial charge on any atom is 0.317 e. The first-order chi connectivity index (χ1) is 9.54. The van der Waals surface area contributed by atoms with E-state index >= 15 is 0 Å². The van der Waals surface area contributed by atoms with E-state index in [1.807, 2.05) is 9.80 Å². The van der Waals surface area contributed by atoms with E-state index in [0.717, 1.165) is 58.0 Å². The number of carboxylic acids is 1. The highest BCUT2D eigenvalue weighted by atomic mass is 16.4. The number of nitrogens with zero attached hydrogens (tertiary/aromatic N) is 3. The molecule has 0 bridgehead atoms. The van der Waals surface area contributed by atoms with Crippen molar-refractivity contribution in [2.24, 2.45) is 5.92 Å². The quantitative estimate of drug-likeness (QED) is 0.783. The van der Waals surface area contributed by atoms with E-state index in [1.54, 1.807) is 0 Å². The topological polar surface area (TPSA) is 64.1 Å². The number of rotatable bonds is 4. The summed E-state index contributed by atoms with van der Waals surface area (Å²) in [7, 11) is 0. The van der Waals surface area contributed by atoms with E-state index in [1.165, 1.54) is 0 Å². The van der Waals surface area contributed by atoms with Crippen molar-refractivity contribution in [3.8, 4) is 0 Å². The van der Waals surface area contributed by atoms with Gasteiger partial charge in [0.25, 0.3) is 0 Å². The lowest BCUT2D eigenvalue weighted by Gasteiger charge is -2.36. The van der Waals surface area contributed by atoms with Crippen LogP contribution < -0.4 is 0 Å². The molecule has 0 unspecified atom stereocenters. The third kappa shape index (κ3) is 4.45. The predicted molar refractivity (Wildman–Crippen MR) is 75.5 cm³/mol. The molecule has 2 heterocycles. The summed E-state index contributed by atoms with van der Waals surface area (Å²) >= 11 is 0. The first-order valence-corrected chi connectivity index (χ1v) is 7.49. The molecule has 0 aromatic rings. The summed E-state index contributed by atoms with van der Waals surface area (Å²) < 4.78 is 0. The van der Waals surface area contributed by atoms with Crippen LogP contribution in [-0.2, 0) is 9.59 Å². The van der Waals surface area contributed by atoms with Gasteiger partial charge >= 0.3 is 5.97 Å². The van der Waals surface area contributed by atoms with Gasteiger partial charge in [-0.1, -0.05) is 6.92 Å². The van der Waals surface area contributed by atoms with Crippen LogP contribution in [0.4, 0.5) is 0 Å². The maximum atomic E-state index is 12.2. The second-order valence-corrected chi connectivity index (χ2v) is 6.01. The van der Waals surface area contributed by atoms with Crippen molar-refractivity contribution in [3.05, 3.63) is 0 Å². The number of carbonyl (C=O) groups is 2. The van der Waals surface area contributed by atoms with Crippen LogP contribution in [0.5, 0.6) is 0 Å². The number of aliphatic carboxylic acids is 1. The SMILES string of the molecule is CC1CCN(C(=O)CN2CCN(CC(=O)O)CC2)CC1. The summed E-state index contributed by atoms with van der Waals surface area (Å²) in [5, 5.41) is 8.75. The Morgan fingerprint density at radius 1 is 0.950 bits per heavy atom. The molecule has 0 atom stereocenters. The van der Waals surface area contributed by atoms with Crippen LogP contribution in [0.2, 0.25) is 0 Å². The highest BCUT2D eigenvalue weighted by Crippen LogP contribution is 2.16. The number of piperidine rings is 1. The monoisotopic (exact) mass is 283 g/mol. The summed E-state index contributed by atoms with van der Waals surface area (Å²) in [5.74, 6) is 0.180. The molecular formula is C14H25N3O3. The van der Waals surface area contributed by atoms with Gasteiger partial charge in [0, 0.05) is 39.3 Å². The second-order valence-electron chi connectivity index (χ2n) is 6.01. The largest absolute Gasteiger partial charge is 0.480 e. The average Bonchev–Trinajstić information content (AvgIpc) is 2.41. The molecule has 0 radical (unpaired) electrons. The molecule has 1 amide bonds. The Balaban J connectivity index is 1.69. The molecule has 2 rings (SSSR count). The van der Waals surface area contributed by atoms with Crippen molar-refractivity contribution in [3.63, 3.8) is 0 Å². The highest BCUT2D eigenvalue weighted by molar-refractivity contribution is 5.78. The number of amides is 1. The van der Waals surface area contributed by atoms with E-state index in [9.17, 15) is 9.59 Å². The fraction of sp³-hybridized carbons (Fsp3) is 0.857. The molecule has 6 heteroatoms. The van der Waals surface area contributed by atoms with Crippen LogP contribution in [-0.4, -0.2) is 84.0 Å². The van der Waals surface area contributed by atoms with E-state index in [2.05, 4.69) is 11.8 Å². The predicted octanol–water partition coefficient (Wildman–Crippen LogP) is -0.0529. The Morgan fingerprint density at radius 3 is 1.95 bits per heavy atom. The zero-order chi connectivity index (χ0) is 14.5. The lowest BCUT2D eigenvalue weighted by molar-refractivity contribution is -0.139. The molecule has 0 saturated carbocycles. The van der Waals surface area contributed by atoms with E-state index < -0.39 is 5.97 Å². The molecule has 0 aliphatic carbocycles. The Morgan fingerprint density at radius 2 is 1.45 bits per heavy atom. The standard InChI is InChI=1S/C14H25N3O3/c1-12-2-4-17(5-3-12)13(18)10-15-6-8-16(9-7-15)11-14(19)20/h12H,2-11H2,1H3,(H,19,20). The van der Waals surface area contributed by atoms with Crippen LogP contribution in [0.3, 0.4) is 0 Å². The fourth-order valence-electron chi connectivity index (χ4n) is 2.85. The van der Waals surface area contributed by atoms with Crippen molar-refractivity contribution in [1.29, 1.82) is 0 Å². The third-order valence-electron chi connectivity index (χ3n) is 4.32.